The minimum atomic E-state index is 0.914. The predicted octanol–water partition coefficient (Wildman–Crippen LogP) is 1.74. The second-order valence-corrected chi connectivity index (χ2v) is 2.62. The Labute approximate surface area is 74.3 Å². The van der Waals surface area contributed by atoms with Crippen molar-refractivity contribution in [1.82, 2.24) is 9.55 Å². The van der Waals surface area contributed by atoms with E-state index in [-0.39, 0.29) is 0 Å². The van der Waals surface area contributed by atoms with Crippen LogP contribution in [-0.2, 0) is 13.5 Å². The normalized spacial score (nSPS) is 9.90. The van der Waals surface area contributed by atoms with Crippen LogP contribution in [0.4, 0.5) is 5.95 Å². The topological polar surface area (TPSA) is 29.9 Å². The number of rotatable bonds is 2. The first-order chi connectivity index (χ1) is 4.79. The van der Waals surface area contributed by atoms with Crippen LogP contribution in [0.5, 0.6) is 0 Å². The fourth-order valence-electron chi connectivity index (χ4n) is 0.861. The molecule has 0 unspecified atom stereocenters. The largest absolute Gasteiger partial charge is 0.317 e. The third kappa shape index (κ3) is 1.25. The Morgan fingerprint density at radius 3 is 2.80 bits per heavy atom. The van der Waals surface area contributed by atoms with E-state index >= 15 is 0 Å². The second kappa shape index (κ2) is 3.23. The van der Waals surface area contributed by atoms with Crippen LogP contribution in [-0.4, -0.2) is 9.55 Å². The molecule has 1 N–H and O–H groups in total. The summed E-state index contributed by atoms with van der Waals surface area (Å²) in [5, 5.41) is 0. The molecular formula is C6H10IN3. The monoisotopic (exact) mass is 251 g/mol. The molecule has 0 saturated heterocycles. The molecular weight excluding hydrogens is 241 g/mol. The molecule has 0 aliphatic rings. The summed E-state index contributed by atoms with van der Waals surface area (Å²) in [6, 6.07) is 0. The fourth-order valence-corrected chi connectivity index (χ4v) is 1.36. The van der Waals surface area contributed by atoms with Crippen LogP contribution in [0.25, 0.3) is 0 Å². The van der Waals surface area contributed by atoms with E-state index in [1.165, 1.54) is 5.69 Å². The van der Waals surface area contributed by atoms with Crippen LogP contribution in [0.15, 0.2) is 6.20 Å². The van der Waals surface area contributed by atoms with Crippen molar-refractivity contribution in [2.75, 3.05) is 3.53 Å². The molecule has 0 fully saturated rings. The lowest BCUT2D eigenvalue weighted by atomic mass is 10.4. The molecule has 0 amide bonds. The minimum Gasteiger partial charge on any atom is -0.317 e. The van der Waals surface area contributed by atoms with Crippen molar-refractivity contribution >= 4 is 28.8 Å². The van der Waals surface area contributed by atoms with E-state index in [0.717, 1.165) is 12.4 Å². The van der Waals surface area contributed by atoms with Crippen LogP contribution in [0.2, 0.25) is 0 Å². The van der Waals surface area contributed by atoms with Crippen LogP contribution in [0.3, 0.4) is 0 Å². The zero-order chi connectivity index (χ0) is 7.56. The molecule has 1 aromatic rings. The molecule has 1 rings (SSSR count). The SMILES string of the molecule is CCc1cnc(NI)n1C. The number of hydrogen-bond acceptors (Lipinski definition) is 2. The highest BCUT2D eigenvalue weighted by molar-refractivity contribution is 14.1. The summed E-state index contributed by atoms with van der Waals surface area (Å²) in [5.74, 6) is 0.914. The molecule has 1 heterocycles. The summed E-state index contributed by atoms with van der Waals surface area (Å²) in [7, 11) is 2.01. The molecule has 10 heavy (non-hydrogen) atoms. The number of imidazole rings is 1. The molecule has 4 heteroatoms. The van der Waals surface area contributed by atoms with Gasteiger partial charge in [-0.3, -0.25) is 3.53 Å². The van der Waals surface area contributed by atoms with Gasteiger partial charge < -0.3 is 4.57 Å². The number of nitrogens with one attached hydrogen (secondary N) is 1. The Hall–Kier alpha value is -0.260. The van der Waals surface area contributed by atoms with Crippen LogP contribution in [0.1, 0.15) is 12.6 Å². The summed E-state index contributed by atoms with van der Waals surface area (Å²) in [4.78, 5) is 4.15. The minimum absolute atomic E-state index is 0.914. The van der Waals surface area contributed by atoms with Crippen molar-refractivity contribution in [2.24, 2.45) is 7.05 Å². The van der Waals surface area contributed by atoms with Gasteiger partial charge in [-0.05, 0) is 6.42 Å². The summed E-state index contributed by atoms with van der Waals surface area (Å²) in [5.41, 5.74) is 1.25. The highest BCUT2D eigenvalue weighted by atomic mass is 127. The van der Waals surface area contributed by atoms with Crippen molar-refractivity contribution < 1.29 is 0 Å². The van der Waals surface area contributed by atoms with Gasteiger partial charge >= 0.3 is 0 Å². The maximum Gasteiger partial charge on any atom is 0.211 e. The fraction of sp³-hybridized carbons (Fsp3) is 0.500. The van der Waals surface area contributed by atoms with Gasteiger partial charge in [-0.15, -0.1) is 0 Å². The zero-order valence-corrected chi connectivity index (χ0v) is 8.21. The Balaban J connectivity index is 2.97. The summed E-state index contributed by atoms with van der Waals surface area (Å²) >= 11 is 2.08. The number of halogens is 1. The Morgan fingerprint density at radius 2 is 2.50 bits per heavy atom. The van der Waals surface area contributed by atoms with Gasteiger partial charge in [-0.2, -0.15) is 0 Å². The molecule has 0 aromatic carbocycles. The van der Waals surface area contributed by atoms with Gasteiger partial charge in [0.25, 0.3) is 0 Å². The third-order valence-corrected chi connectivity index (χ3v) is 2.01. The van der Waals surface area contributed by atoms with Gasteiger partial charge in [0.15, 0.2) is 0 Å². The van der Waals surface area contributed by atoms with E-state index in [2.05, 4.69) is 38.3 Å². The van der Waals surface area contributed by atoms with Gasteiger partial charge in [-0.25, -0.2) is 4.98 Å². The molecule has 3 nitrogen and oxygen atoms in total. The Morgan fingerprint density at radius 1 is 1.80 bits per heavy atom. The zero-order valence-electron chi connectivity index (χ0n) is 6.06. The number of aryl methyl sites for hydroxylation is 1. The van der Waals surface area contributed by atoms with Gasteiger partial charge in [0.1, 0.15) is 0 Å². The lowest BCUT2D eigenvalue weighted by Crippen LogP contribution is -1.97. The Bertz CT molecular complexity index is 197. The Kier molecular flexibility index (Phi) is 2.53. The van der Waals surface area contributed by atoms with E-state index < -0.39 is 0 Å². The second-order valence-electron chi connectivity index (χ2n) is 2.08. The first-order valence-corrected chi connectivity index (χ1v) is 4.24. The summed E-state index contributed by atoms with van der Waals surface area (Å²) in [6.07, 6.45) is 2.92. The van der Waals surface area contributed by atoms with E-state index in [9.17, 15) is 0 Å². The van der Waals surface area contributed by atoms with E-state index in [1.807, 2.05) is 17.8 Å². The van der Waals surface area contributed by atoms with Gasteiger partial charge in [0, 0.05) is 12.7 Å². The highest BCUT2D eigenvalue weighted by Crippen LogP contribution is 2.09. The highest BCUT2D eigenvalue weighted by Gasteiger charge is 2.00. The smallest absolute Gasteiger partial charge is 0.211 e. The molecule has 0 saturated carbocycles. The lowest BCUT2D eigenvalue weighted by Gasteiger charge is -2.00. The maximum absolute atomic E-state index is 4.15. The van der Waals surface area contributed by atoms with Crippen LogP contribution >= 0.6 is 22.9 Å². The number of anilines is 1. The first-order valence-electron chi connectivity index (χ1n) is 3.16. The van der Waals surface area contributed by atoms with Crippen molar-refractivity contribution in [2.45, 2.75) is 13.3 Å². The van der Waals surface area contributed by atoms with Crippen LogP contribution < -0.4 is 3.53 Å². The van der Waals surface area contributed by atoms with Gasteiger partial charge in [0.2, 0.25) is 5.95 Å². The van der Waals surface area contributed by atoms with E-state index in [1.54, 1.807) is 0 Å². The molecule has 1 aromatic heterocycles. The van der Waals surface area contributed by atoms with Crippen molar-refractivity contribution in [3.05, 3.63) is 11.9 Å². The van der Waals surface area contributed by atoms with Crippen LogP contribution in [0, 0.1) is 0 Å². The molecule has 0 aliphatic heterocycles. The van der Waals surface area contributed by atoms with Gasteiger partial charge in [0.05, 0.1) is 29.1 Å². The van der Waals surface area contributed by atoms with E-state index in [0.29, 0.717) is 0 Å². The first kappa shape index (κ1) is 7.84. The predicted molar refractivity (Wildman–Crippen MR) is 50.2 cm³/mol. The maximum atomic E-state index is 4.15. The number of nitrogens with zero attached hydrogens (tertiary/aromatic N) is 2. The standard InChI is InChI=1S/C6H10IN3/c1-3-5-4-8-6(9-7)10(5)2/h4H,3H2,1-2H3,(H,8,9). The van der Waals surface area contributed by atoms with Crippen molar-refractivity contribution in [3.63, 3.8) is 0 Å². The molecule has 0 spiro atoms. The third-order valence-electron chi connectivity index (χ3n) is 1.53. The molecule has 0 bridgehead atoms. The average Bonchev–Trinajstić information content (AvgIpc) is 2.30. The van der Waals surface area contributed by atoms with Crippen molar-refractivity contribution in [1.29, 1.82) is 0 Å². The summed E-state index contributed by atoms with van der Waals surface area (Å²) in [6.45, 7) is 2.12. The molecule has 0 radical (unpaired) electrons. The quantitative estimate of drug-likeness (QED) is 0.641. The number of aromatic nitrogens is 2. The average molecular weight is 251 g/mol. The molecule has 0 aliphatic carbocycles. The van der Waals surface area contributed by atoms with E-state index in [4.69, 9.17) is 0 Å². The van der Waals surface area contributed by atoms with Gasteiger partial charge in [-0.1, -0.05) is 6.92 Å². The van der Waals surface area contributed by atoms with Crippen molar-refractivity contribution in [3.8, 4) is 0 Å². The lowest BCUT2D eigenvalue weighted by molar-refractivity contribution is 0.846. The molecule has 0 atom stereocenters. The molecule has 56 valence electrons. The summed E-state index contributed by atoms with van der Waals surface area (Å²) < 4.78 is 5.02. The number of hydrogen-bond donors (Lipinski definition) is 1.